The van der Waals surface area contributed by atoms with Crippen molar-refractivity contribution in [3.63, 3.8) is 0 Å². The number of halogens is 3. The molecule has 0 radical (unpaired) electrons. The van der Waals surface area contributed by atoms with Crippen molar-refractivity contribution in [2.75, 3.05) is 13.2 Å². The van der Waals surface area contributed by atoms with Crippen molar-refractivity contribution in [1.29, 1.82) is 0 Å². The van der Waals surface area contributed by atoms with Crippen molar-refractivity contribution in [1.82, 2.24) is 4.72 Å². The first-order valence-corrected chi connectivity index (χ1v) is 8.69. The van der Waals surface area contributed by atoms with Gasteiger partial charge in [-0.3, -0.25) is 0 Å². The predicted molar refractivity (Wildman–Crippen MR) is 82.8 cm³/mol. The third-order valence-electron chi connectivity index (χ3n) is 3.25. The van der Waals surface area contributed by atoms with Crippen LogP contribution in [0.25, 0.3) is 0 Å². The summed E-state index contributed by atoms with van der Waals surface area (Å²) in [5.74, 6) is -4.38. The molecule has 0 bridgehead atoms. The summed E-state index contributed by atoms with van der Waals surface area (Å²) in [4.78, 5) is -0.931. The highest BCUT2D eigenvalue weighted by Gasteiger charge is 2.23. The number of benzene rings is 2. The van der Waals surface area contributed by atoms with E-state index >= 15 is 0 Å². The van der Waals surface area contributed by atoms with Crippen molar-refractivity contribution < 1.29 is 26.3 Å². The van der Waals surface area contributed by atoms with Crippen molar-refractivity contribution >= 4 is 10.0 Å². The van der Waals surface area contributed by atoms with E-state index in [9.17, 15) is 21.6 Å². The first-order valence-electron chi connectivity index (χ1n) is 7.20. The molecule has 2 aromatic carbocycles. The van der Waals surface area contributed by atoms with Crippen LogP contribution in [0.5, 0.6) is 5.75 Å². The number of hydrogen-bond donors (Lipinski definition) is 1. The Hall–Kier alpha value is -2.06. The van der Waals surface area contributed by atoms with Crippen LogP contribution < -0.4 is 9.46 Å². The van der Waals surface area contributed by atoms with Crippen molar-refractivity contribution in [3.8, 4) is 5.75 Å². The smallest absolute Gasteiger partial charge is 0.243 e. The summed E-state index contributed by atoms with van der Waals surface area (Å²) in [6.45, 7) is 2.24. The normalized spacial score (nSPS) is 11.5. The maximum absolute atomic E-state index is 13.6. The summed E-state index contributed by atoms with van der Waals surface area (Å²) in [5.41, 5.74) is 0.771. The van der Waals surface area contributed by atoms with Gasteiger partial charge in [0.1, 0.15) is 10.6 Å². The highest BCUT2D eigenvalue weighted by molar-refractivity contribution is 7.89. The minimum absolute atomic E-state index is 0.0507. The molecular formula is C16H16F3NO3S. The Balaban J connectivity index is 2.11. The van der Waals surface area contributed by atoms with E-state index in [-0.39, 0.29) is 6.54 Å². The Morgan fingerprint density at radius 1 is 1.04 bits per heavy atom. The number of sulfonamides is 1. The molecule has 4 nitrogen and oxygen atoms in total. The molecule has 0 saturated heterocycles. The van der Waals surface area contributed by atoms with E-state index in [1.54, 1.807) is 24.3 Å². The fourth-order valence-corrected chi connectivity index (χ4v) is 3.22. The summed E-state index contributed by atoms with van der Waals surface area (Å²) in [5, 5.41) is 0. The summed E-state index contributed by atoms with van der Waals surface area (Å²) >= 11 is 0. The largest absolute Gasteiger partial charge is 0.494 e. The van der Waals surface area contributed by atoms with Gasteiger partial charge >= 0.3 is 0 Å². The van der Waals surface area contributed by atoms with Gasteiger partial charge in [0.15, 0.2) is 17.5 Å². The zero-order chi connectivity index (χ0) is 17.7. The summed E-state index contributed by atoms with van der Waals surface area (Å²) in [6, 6.07) is 8.35. The van der Waals surface area contributed by atoms with Crippen LogP contribution in [0.2, 0.25) is 0 Å². The number of rotatable bonds is 7. The Labute approximate surface area is 138 Å². The Morgan fingerprint density at radius 2 is 1.75 bits per heavy atom. The summed E-state index contributed by atoms with van der Waals surface area (Å²) in [6.07, 6.45) is 0.292. The van der Waals surface area contributed by atoms with Gasteiger partial charge in [-0.25, -0.2) is 26.3 Å². The van der Waals surface area contributed by atoms with Gasteiger partial charge in [0.05, 0.1) is 6.61 Å². The average molecular weight is 359 g/mol. The second-order valence-corrected chi connectivity index (χ2v) is 6.60. The molecule has 2 rings (SSSR count). The third kappa shape index (κ3) is 4.07. The van der Waals surface area contributed by atoms with Gasteiger partial charge < -0.3 is 4.74 Å². The van der Waals surface area contributed by atoms with Gasteiger partial charge in [-0.15, -0.1) is 0 Å². The third-order valence-corrected chi connectivity index (χ3v) is 4.73. The number of nitrogens with one attached hydrogen (secondary N) is 1. The molecule has 1 N–H and O–H groups in total. The summed E-state index contributed by atoms with van der Waals surface area (Å²) in [7, 11) is -4.30. The van der Waals surface area contributed by atoms with Crippen LogP contribution in [0.15, 0.2) is 41.3 Å². The number of hydrogen-bond acceptors (Lipinski definition) is 3. The molecule has 0 heterocycles. The highest BCUT2D eigenvalue weighted by Crippen LogP contribution is 2.20. The van der Waals surface area contributed by atoms with E-state index < -0.39 is 32.4 Å². The monoisotopic (exact) mass is 359 g/mol. The fraction of sp³-hybridized carbons (Fsp3) is 0.250. The second kappa shape index (κ2) is 7.67. The van der Waals surface area contributed by atoms with Crippen LogP contribution in [0.4, 0.5) is 13.2 Å². The van der Waals surface area contributed by atoms with E-state index in [0.717, 1.165) is 5.56 Å². The molecule has 0 saturated carbocycles. The van der Waals surface area contributed by atoms with E-state index in [0.29, 0.717) is 30.9 Å². The molecule has 0 fully saturated rings. The van der Waals surface area contributed by atoms with Crippen molar-refractivity contribution in [2.24, 2.45) is 0 Å². The zero-order valence-electron chi connectivity index (χ0n) is 12.9. The molecular weight excluding hydrogens is 343 g/mol. The predicted octanol–water partition coefficient (Wildman–Crippen LogP) is 3.02. The van der Waals surface area contributed by atoms with Gasteiger partial charge in [-0.1, -0.05) is 18.2 Å². The lowest BCUT2D eigenvalue weighted by atomic mass is 10.1. The topological polar surface area (TPSA) is 55.4 Å². The first-order chi connectivity index (χ1) is 11.4. The molecule has 24 heavy (non-hydrogen) atoms. The molecule has 0 atom stereocenters. The average Bonchev–Trinajstić information content (AvgIpc) is 2.54. The van der Waals surface area contributed by atoms with Crippen molar-refractivity contribution in [3.05, 3.63) is 59.4 Å². The van der Waals surface area contributed by atoms with Gasteiger partial charge in [-0.05, 0) is 37.1 Å². The van der Waals surface area contributed by atoms with E-state index in [1.165, 1.54) is 0 Å². The zero-order valence-corrected chi connectivity index (χ0v) is 13.7. The summed E-state index contributed by atoms with van der Waals surface area (Å²) < 4.78 is 71.4. The maximum Gasteiger partial charge on any atom is 0.243 e. The Morgan fingerprint density at radius 3 is 2.46 bits per heavy atom. The van der Waals surface area contributed by atoms with Crippen LogP contribution >= 0.6 is 0 Å². The number of para-hydroxylation sites is 1. The molecule has 0 aromatic heterocycles. The lowest BCUT2D eigenvalue weighted by Crippen LogP contribution is -2.27. The molecule has 0 aliphatic heterocycles. The second-order valence-electron chi connectivity index (χ2n) is 4.86. The molecule has 2 aromatic rings. The van der Waals surface area contributed by atoms with Crippen LogP contribution in [0.3, 0.4) is 0 Å². The molecule has 8 heteroatoms. The molecule has 130 valence electrons. The Bertz CT molecular complexity index is 825. The maximum atomic E-state index is 13.6. The fourth-order valence-electron chi connectivity index (χ4n) is 2.12. The van der Waals surface area contributed by atoms with E-state index in [1.807, 2.05) is 6.92 Å². The Kier molecular flexibility index (Phi) is 5.84. The minimum Gasteiger partial charge on any atom is -0.494 e. The molecule has 0 unspecified atom stereocenters. The molecule has 0 aliphatic carbocycles. The lowest BCUT2D eigenvalue weighted by Gasteiger charge is -2.11. The van der Waals surface area contributed by atoms with Crippen molar-refractivity contribution in [2.45, 2.75) is 18.2 Å². The minimum atomic E-state index is -4.30. The molecule has 0 aliphatic rings. The van der Waals surface area contributed by atoms with Gasteiger partial charge in [-0.2, -0.15) is 0 Å². The van der Waals surface area contributed by atoms with Crippen LogP contribution in [-0.4, -0.2) is 21.6 Å². The van der Waals surface area contributed by atoms with Gasteiger partial charge in [0, 0.05) is 6.54 Å². The quantitative estimate of drug-likeness (QED) is 0.773. The molecule has 0 spiro atoms. The standard InChI is InChI=1S/C16H16F3NO3S/c1-2-23-13-6-4-3-5-11(13)9-10-20-24(21,22)14-8-7-12(17)15(18)16(14)19/h3-8,20H,2,9-10H2,1H3. The molecule has 0 amide bonds. The SMILES string of the molecule is CCOc1ccccc1CCNS(=O)(=O)c1ccc(F)c(F)c1F. The van der Waals surface area contributed by atoms with Gasteiger partial charge in [0.2, 0.25) is 10.0 Å². The van der Waals surface area contributed by atoms with Crippen LogP contribution in [0.1, 0.15) is 12.5 Å². The highest BCUT2D eigenvalue weighted by atomic mass is 32.2. The van der Waals surface area contributed by atoms with E-state index in [4.69, 9.17) is 4.74 Å². The first kappa shape index (κ1) is 18.3. The van der Waals surface area contributed by atoms with Crippen LogP contribution in [-0.2, 0) is 16.4 Å². The van der Waals surface area contributed by atoms with E-state index in [2.05, 4.69) is 4.72 Å². The van der Waals surface area contributed by atoms with Gasteiger partial charge in [0.25, 0.3) is 0 Å². The van der Waals surface area contributed by atoms with Crippen LogP contribution in [0, 0.1) is 17.5 Å². The number of ether oxygens (including phenoxy) is 1. The lowest BCUT2D eigenvalue weighted by molar-refractivity contribution is 0.336.